The van der Waals surface area contributed by atoms with Crippen molar-refractivity contribution in [3.63, 3.8) is 0 Å². The number of hydrogen-bond donors (Lipinski definition) is 0. The minimum Gasteiger partial charge on any atom is -0.497 e. The Kier molecular flexibility index (Phi) is 5.50. The molecule has 0 amide bonds. The molecule has 21 heavy (non-hydrogen) atoms. The second-order valence-electron chi connectivity index (χ2n) is 4.68. The van der Waals surface area contributed by atoms with Gasteiger partial charge in [-0.25, -0.2) is 0 Å². The topological polar surface area (TPSA) is 9.23 Å². The van der Waals surface area contributed by atoms with Crippen LogP contribution in [0.1, 0.15) is 30.0 Å². The zero-order valence-corrected chi connectivity index (χ0v) is 12.4. The molecule has 2 rings (SSSR count). The molecule has 0 aliphatic carbocycles. The summed E-state index contributed by atoms with van der Waals surface area (Å²) in [5.41, 5.74) is 3.29. The highest BCUT2D eigenvalue weighted by Gasteiger charge is 1.91. The zero-order valence-electron chi connectivity index (χ0n) is 12.4. The van der Waals surface area contributed by atoms with Gasteiger partial charge in [0.2, 0.25) is 0 Å². The molecule has 1 heteroatoms. The Bertz CT molecular complexity index is 686. The average Bonchev–Trinajstić information content (AvgIpc) is 2.54. The van der Waals surface area contributed by atoms with Crippen molar-refractivity contribution in [3.05, 3.63) is 65.2 Å². The van der Waals surface area contributed by atoms with Crippen LogP contribution in [0, 0.1) is 23.7 Å². The lowest BCUT2D eigenvalue weighted by Crippen LogP contribution is -1.82. The van der Waals surface area contributed by atoms with E-state index in [2.05, 4.69) is 42.7 Å². The molecule has 0 spiro atoms. The first-order valence-electron chi connectivity index (χ1n) is 7.07. The van der Waals surface area contributed by atoms with Gasteiger partial charge in [0.05, 0.1) is 7.11 Å². The molecule has 104 valence electrons. The molecule has 0 radical (unpaired) electrons. The molecule has 1 nitrogen and oxygen atoms in total. The predicted molar refractivity (Wildman–Crippen MR) is 87.2 cm³/mol. The van der Waals surface area contributed by atoms with Crippen molar-refractivity contribution in [2.24, 2.45) is 0 Å². The maximum Gasteiger partial charge on any atom is 0.118 e. The quantitative estimate of drug-likeness (QED) is 0.767. The summed E-state index contributed by atoms with van der Waals surface area (Å²) in [7, 11) is 1.65. The third-order valence-corrected chi connectivity index (χ3v) is 3.06. The highest BCUT2D eigenvalue weighted by molar-refractivity contribution is 5.45. The van der Waals surface area contributed by atoms with E-state index in [1.54, 1.807) is 7.11 Å². The minimum atomic E-state index is 0.832. The molecule has 0 heterocycles. The molecule has 0 N–H and O–H groups in total. The van der Waals surface area contributed by atoms with Gasteiger partial charge in [0.25, 0.3) is 0 Å². The van der Waals surface area contributed by atoms with Crippen molar-refractivity contribution in [1.29, 1.82) is 0 Å². The second kappa shape index (κ2) is 7.83. The van der Waals surface area contributed by atoms with Crippen LogP contribution in [-0.4, -0.2) is 7.11 Å². The van der Waals surface area contributed by atoms with Gasteiger partial charge in [-0.05, 0) is 60.2 Å². The Morgan fingerprint density at radius 1 is 0.810 bits per heavy atom. The van der Waals surface area contributed by atoms with Crippen LogP contribution in [0.15, 0.2) is 48.5 Å². The number of benzene rings is 2. The fourth-order valence-corrected chi connectivity index (χ4v) is 1.92. The summed E-state index contributed by atoms with van der Waals surface area (Å²) in [4.78, 5) is 0. The zero-order chi connectivity index (χ0) is 14.9. The minimum absolute atomic E-state index is 0.832. The van der Waals surface area contributed by atoms with E-state index in [9.17, 15) is 0 Å². The van der Waals surface area contributed by atoms with Gasteiger partial charge in [-0.1, -0.05) is 37.3 Å². The van der Waals surface area contributed by atoms with Crippen molar-refractivity contribution in [1.82, 2.24) is 0 Å². The number of methoxy groups -OCH3 is 1. The van der Waals surface area contributed by atoms with Crippen molar-refractivity contribution in [2.45, 2.75) is 19.8 Å². The first-order valence-corrected chi connectivity index (χ1v) is 7.07. The van der Waals surface area contributed by atoms with Gasteiger partial charge < -0.3 is 4.74 Å². The van der Waals surface area contributed by atoms with Crippen molar-refractivity contribution in [2.75, 3.05) is 7.11 Å². The highest BCUT2D eigenvalue weighted by Crippen LogP contribution is 2.10. The lowest BCUT2D eigenvalue weighted by atomic mass is 10.1. The molecular formula is C20H18O. The largest absolute Gasteiger partial charge is 0.497 e. The summed E-state index contributed by atoms with van der Waals surface area (Å²) in [6.45, 7) is 2.18. The van der Waals surface area contributed by atoms with Crippen LogP contribution in [0.3, 0.4) is 0 Å². The summed E-state index contributed by atoms with van der Waals surface area (Å²) < 4.78 is 5.10. The van der Waals surface area contributed by atoms with E-state index in [1.165, 1.54) is 12.0 Å². The van der Waals surface area contributed by atoms with Gasteiger partial charge in [-0.15, -0.1) is 0 Å². The standard InChI is InChI=1S/C20H18O/c1-3-6-17-9-11-18(12-10-17)7-4-5-8-19-13-15-20(21-2)16-14-19/h9-16H,3,6H2,1-2H3. The third kappa shape index (κ3) is 4.75. The van der Waals surface area contributed by atoms with Gasteiger partial charge in [0.1, 0.15) is 5.75 Å². The summed E-state index contributed by atoms with van der Waals surface area (Å²) in [6.07, 6.45) is 2.28. The van der Waals surface area contributed by atoms with Crippen LogP contribution in [0.25, 0.3) is 0 Å². The Balaban J connectivity index is 2.01. The Morgan fingerprint density at radius 3 is 1.81 bits per heavy atom. The van der Waals surface area contributed by atoms with Crippen LogP contribution >= 0.6 is 0 Å². The van der Waals surface area contributed by atoms with E-state index in [1.807, 2.05) is 36.4 Å². The average molecular weight is 274 g/mol. The maximum absolute atomic E-state index is 5.10. The van der Waals surface area contributed by atoms with Crippen molar-refractivity contribution >= 4 is 0 Å². The SMILES string of the molecule is CCCc1ccc(C#CC#Cc2ccc(OC)cc2)cc1. The third-order valence-electron chi connectivity index (χ3n) is 3.06. The van der Waals surface area contributed by atoms with Gasteiger partial charge in [-0.3, -0.25) is 0 Å². The maximum atomic E-state index is 5.10. The lowest BCUT2D eigenvalue weighted by Gasteiger charge is -1.97. The van der Waals surface area contributed by atoms with E-state index in [4.69, 9.17) is 4.74 Å². The summed E-state index contributed by atoms with van der Waals surface area (Å²) in [5, 5.41) is 0. The van der Waals surface area contributed by atoms with E-state index in [0.29, 0.717) is 0 Å². The molecule has 0 aliphatic rings. The fraction of sp³-hybridized carbons (Fsp3) is 0.200. The molecule has 0 saturated carbocycles. The van der Waals surface area contributed by atoms with E-state index >= 15 is 0 Å². The molecule has 0 atom stereocenters. The number of ether oxygens (including phenoxy) is 1. The van der Waals surface area contributed by atoms with E-state index < -0.39 is 0 Å². The first kappa shape index (κ1) is 14.8. The number of hydrogen-bond acceptors (Lipinski definition) is 1. The van der Waals surface area contributed by atoms with Gasteiger partial charge in [-0.2, -0.15) is 0 Å². The normalized spacial score (nSPS) is 9.05. The van der Waals surface area contributed by atoms with Crippen LogP contribution < -0.4 is 4.74 Å². The lowest BCUT2D eigenvalue weighted by molar-refractivity contribution is 0.415. The van der Waals surface area contributed by atoms with Crippen molar-refractivity contribution < 1.29 is 4.74 Å². The molecule has 0 saturated heterocycles. The monoisotopic (exact) mass is 274 g/mol. The molecule has 0 fully saturated rings. The van der Waals surface area contributed by atoms with Crippen molar-refractivity contribution in [3.8, 4) is 29.4 Å². The van der Waals surface area contributed by atoms with E-state index in [-0.39, 0.29) is 0 Å². The van der Waals surface area contributed by atoms with Crippen LogP contribution in [-0.2, 0) is 6.42 Å². The molecule has 2 aromatic rings. The van der Waals surface area contributed by atoms with Crippen LogP contribution in [0.4, 0.5) is 0 Å². The summed E-state index contributed by atoms with van der Waals surface area (Å²) in [6, 6.07) is 16.0. The molecule has 0 aliphatic heterocycles. The predicted octanol–water partition coefficient (Wildman–Crippen LogP) is 4.05. The van der Waals surface area contributed by atoms with E-state index in [0.717, 1.165) is 23.3 Å². The summed E-state index contributed by atoms with van der Waals surface area (Å²) >= 11 is 0. The molecule has 2 aromatic carbocycles. The Morgan fingerprint density at radius 2 is 1.33 bits per heavy atom. The molecule has 0 aromatic heterocycles. The Hall–Kier alpha value is -2.64. The number of aryl methyl sites for hydroxylation is 1. The Labute approximate surface area is 127 Å². The van der Waals surface area contributed by atoms with Crippen LogP contribution in [0.5, 0.6) is 5.75 Å². The molecule has 0 bridgehead atoms. The van der Waals surface area contributed by atoms with Gasteiger partial charge in [0, 0.05) is 11.1 Å². The first-order chi connectivity index (χ1) is 10.3. The second-order valence-corrected chi connectivity index (χ2v) is 4.68. The van der Waals surface area contributed by atoms with Gasteiger partial charge in [0.15, 0.2) is 0 Å². The number of rotatable bonds is 3. The summed E-state index contributed by atoms with van der Waals surface area (Å²) in [5.74, 6) is 12.7. The highest BCUT2D eigenvalue weighted by atomic mass is 16.5. The molecule has 0 unspecified atom stereocenters. The smallest absolute Gasteiger partial charge is 0.118 e. The fourth-order valence-electron chi connectivity index (χ4n) is 1.92. The molecular weight excluding hydrogens is 256 g/mol. The van der Waals surface area contributed by atoms with Crippen LogP contribution in [0.2, 0.25) is 0 Å². The van der Waals surface area contributed by atoms with Gasteiger partial charge >= 0.3 is 0 Å².